The highest BCUT2D eigenvalue weighted by molar-refractivity contribution is 6.56. The summed E-state index contributed by atoms with van der Waals surface area (Å²) in [7, 11) is 7.93. The zero-order valence-corrected chi connectivity index (χ0v) is 10.4. The number of esters is 1. The number of carbonyl (C=O) groups excluding carboxylic acids is 3. The van der Waals surface area contributed by atoms with Crippen molar-refractivity contribution in [1.29, 1.82) is 0 Å². The fourth-order valence-electron chi connectivity index (χ4n) is 1.96. The van der Waals surface area contributed by atoms with Gasteiger partial charge in [-0.25, -0.2) is 4.79 Å². The Morgan fingerprint density at radius 2 is 2.06 bits per heavy atom. The van der Waals surface area contributed by atoms with Crippen LogP contribution in [0.1, 0.15) is 6.42 Å². The number of ether oxygens (including phenoxy) is 1. The lowest BCUT2D eigenvalue weighted by atomic mass is 9.90. The molecule has 1 saturated heterocycles. The Labute approximate surface area is 107 Å². The van der Waals surface area contributed by atoms with Crippen molar-refractivity contribution in [1.82, 2.24) is 15.5 Å². The average molecular weight is 253 g/mol. The molecule has 1 rings (SSSR count). The minimum Gasteiger partial charge on any atom is -0.469 e. The van der Waals surface area contributed by atoms with Crippen LogP contribution in [0.4, 0.5) is 9.59 Å². The molecule has 18 heavy (non-hydrogen) atoms. The van der Waals surface area contributed by atoms with Gasteiger partial charge in [0.05, 0.1) is 13.0 Å². The summed E-state index contributed by atoms with van der Waals surface area (Å²) < 4.78 is 4.67. The topological polar surface area (TPSA) is 87.7 Å². The Kier molecular flexibility index (Phi) is 5.00. The number of hydrogen-bond donors (Lipinski definition) is 2. The normalized spacial score (nSPS) is 23.1. The van der Waals surface area contributed by atoms with E-state index in [1.807, 2.05) is 0 Å². The molecule has 7 nitrogen and oxygen atoms in total. The molecule has 2 N–H and O–H groups in total. The zero-order chi connectivity index (χ0) is 13.7. The molecule has 3 amide bonds. The van der Waals surface area contributed by atoms with E-state index in [0.717, 1.165) is 0 Å². The van der Waals surface area contributed by atoms with Crippen molar-refractivity contribution in [3.05, 3.63) is 0 Å². The van der Waals surface area contributed by atoms with Crippen LogP contribution in [0.2, 0.25) is 0 Å². The largest absolute Gasteiger partial charge is 0.469 e. The van der Waals surface area contributed by atoms with Gasteiger partial charge < -0.3 is 20.3 Å². The Morgan fingerprint density at radius 1 is 1.39 bits per heavy atom. The van der Waals surface area contributed by atoms with Crippen LogP contribution in [0.15, 0.2) is 0 Å². The van der Waals surface area contributed by atoms with Gasteiger partial charge in [0.15, 0.2) is 5.81 Å². The molecular weight excluding hydrogens is 237 g/mol. The van der Waals surface area contributed by atoms with Crippen LogP contribution in [0.5, 0.6) is 0 Å². The summed E-state index contributed by atoms with van der Waals surface area (Å²) >= 11 is 0. The highest BCUT2D eigenvalue weighted by atomic mass is 16.5. The number of urea groups is 1. The smallest absolute Gasteiger partial charge is 0.314 e. The second-order valence-corrected chi connectivity index (χ2v) is 4.03. The summed E-state index contributed by atoms with van der Waals surface area (Å²) in [5, 5.41) is 5.08. The molecule has 1 fully saturated rings. The number of likely N-dealkylation sites (tertiary alicyclic amines) is 1. The quantitative estimate of drug-likeness (QED) is 0.491. The highest BCUT2D eigenvalue weighted by Gasteiger charge is 2.36. The van der Waals surface area contributed by atoms with Gasteiger partial charge in [-0.3, -0.25) is 9.59 Å². The molecule has 1 aliphatic rings. The van der Waals surface area contributed by atoms with E-state index >= 15 is 0 Å². The molecule has 8 heteroatoms. The predicted molar refractivity (Wildman–Crippen MR) is 64.2 cm³/mol. The van der Waals surface area contributed by atoms with Gasteiger partial charge in [0, 0.05) is 26.2 Å². The first-order valence-corrected chi connectivity index (χ1v) is 5.60. The molecule has 0 aliphatic carbocycles. The van der Waals surface area contributed by atoms with Crippen LogP contribution >= 0.6 is 0 Å². The van der Waals surface area contributed by atoms with E-state index in [2.05, 4.69) is 15.4 Å². The first-order chi connectivity index (χ1) is 8.49. The number of nitrogens with zero attached hydrogens (tertiary/aromatic N) is 1. The monoisotopic (exact) mass is 253 g/mol. The Morgan fingerprint density at radius 3 is 2.56 bits per heavy atom. The molecule has 0 bridgehead atoms. The SMILES string of the molecule is [B]C(=O)N1CCC(NC(=O)NC)C(C(=O)OC)C1. The lowest BCUT2D eigenvalue weighted by molar-refractivity contribution is -0.147. The number of amides is 3. The predicted octanol–water partition coefficient (Wildman–Crippen LogP) is -0.933. The van der Waals surface area contributed by atoms with Crippen molar-refractivity contribution in [2.45, 2.75) is 12.5 Å². The van der Waals surface area contributed by atoms with Gasteiger partial charge in [0.2, 0.25) is 7.85 Å². The van der Waals surface area contributed by atoms with E-state index in [1.54, 1.807) is 0 Å². The number of rotatable bonds is 2. The van der Waals surface area contributed by atoms with Gasteiger partial charge in [0.1, 0.15) is 0 Å². The minimum absolute atomic E-state index is 0.149. The van der Waals surface area contributed by atoms with E-state index in [4.69, 9.17) is 7.85 Å². The fourth-order valence-corrected chi connectivity index (χ4v) is 1.96. The molecule has 1 aliphatic heterocycles. The molecule has 2 radical (unpaired) electrons. The van der Waals surface area contributed by atoms with E-state index < -0.39 is 17.7 Å². The van der Waals surface area contributed by atoms with E-state index in [0.29, 0.717) is 13.0 Å². The molecule has 0 aromatic rings. The van der Waals surface area contributed by atoms with Crippen LogP contribution in [0, 0.1) is 5.92 Å². The Hall–Kier alpha value is -1.73. The first-order valence-electron chi connectivity index (χ1n) is 5.60. The maximum atomic E-state index is 11.6. The Bertz CT molecular complexity index is 350. The van der Waals surface area contributed by atoms with Gasteiger partial charge in [0.25, 0.3) is 0 Å². The third-order valence-corrected chi connectivity index (χ3v) is 2.97. The maximum Gasteiger partial charge on any atom is 0.314 e. The summed E-state index contributed by atoms with van der Waals surface area (Å²) in [4.78, 5) is 35.4. The molecule has 0 aromatic carbocycles. The van der Waals surface area contributed by atoms with Crippen LogP contribution in [0.3, 0.4) is 0 Å². The number of methoxy groups -OCH3 is 1. The van der Waals surface area contributed by atoms with Crippen LogP contribution in [-0.2, 0) is 9.53 Å². The van der Waals surface area contributed by atoms with Crippen LogP contribution < -0.4 is 10.6 Å². The highest BCUT2D eigenvalue weighted by Crippen LogP contribution is 2.18. The average Bonchev–Trinajstić information content (AvgIpc) is 2.37. The summed E-state index contributed by atoms with van der Waals surface area (Å²) in [6.07, 6.45) is 0.454. The van der Waals surface area contributed by atoms with Crippen molar-refractivity contribution < 1.29 is 19.1 Å². The Balaban J connectivity index is 2.74. The van der Waals surface area contributed by atoms with Crippen molar-refractivity contribution in [2.75, 3.05) is 27.2 Å². The second kappa shape index (κ2) is 6.27. The minimum atomic E-state index is -0.603. The maximum absolute atomic E-state index is 11.6. The van der Waals surface area contributed by atoms with Crippen LogP contribution in [0.25, 0.3) is 0 Å². The van der Waals surface area contributed by atoms with Gasteiger partial charge in [-0.15, -0.1) is 0 Å². The van der Waals surface area contributed by atoms with E-state index in [-0.39, 0.29) is 18.6 Å². The fraction of sp³-hybridized carbons (Fsp3) is 0.700. The molecule has 2 atom stereocenters. The third kappa shape index (κ3) is 3.38. The van der Waals surface area contributed by atoms with E-state index in [1.165, 1.54) is 19.1 Å². The molecular formula is C10H16BN3O4. The van der Waals surface area contributed by atoms with Crippen molar-refractivity contribution in [3.8, 4) is 0 Å². The standard InChI is InChI=1S/C10H16BN3O4/c1-12-10(17)13-7-3-4-14(9(11)16)5-6(7)8(15)18-2/h6-7H,3-5H2,1-2H3,(H2,12,13,17). The molecule has 2 unspecified atom stereocenters. The zero-order valence-electron chi connectivity index (χ0n) is 10.4. The molecule has 98 valence electrons. The molecule has 1 heterocycles. The number of nitrogens with one attached hydrogen (secondary N) is 2. The van der Waals surface area contributed by atoms with Gasteiger partial charge in [-0.2, -0.15) is 0 Å². The molecule has 0 saturated carbocycles. The summed E-state index contributed by atoms with van der Waals surface area (Å²) in [6.45, 7) is 0.550. The van der Waals surface area contributed by atoms with Gasteiger partial charge in [-0.1, -0.05) is 0 Å². The van der Waals surface area contributed by atoms with Crippen molar-refractivity contribution in [3.63, 3.8) is 0 Å². The lowest BCUT2D eigenvalue weighted by Crippen LogP contribution is -2.56. The lowest BCUT2D eigenvalue weighted by Gasteiger charge is -2.37. The van der Waals surface area contributed by atoms with Crippen molar-refractivity contribution in [2.24, 2.45) is 5.92 Å². The molecule has 0 aromatic heterocycles. The number of carbonyl (C=O) groups is 3. The second-order valence-electron chi connectivity index (χ2n) is 4.03. The summed E-state index contributed by atoms with van der Waals surface area (Å²) in [5.41, 5.74) is 0. The first kappa shape index (κ1) is 14.3. The van der Waals surface area contributed by atoms with Gasteiger partial charge >= 0.3 is 12.0 Å². The number of hydrogen-bond acceptors (Lipinski definition) is 4. The van der Waals surface area contributed by atoms with E-state index in [9.17, 15) is 14.4 Å². The van der Waals surface area contributed by atoms with Gasteiger partial charge in [-0.05, 0) is 6.42 Å². The summed E-state index contributed by atoms with van der Waals surface area (Å²) in [5.74, 6) is -1.65. The summed E-state index contributed by atoms with van der Waals surface area (Å²) in [6, 6.07) is -0.741. The third-order valence-electron chi connectivity index (χ3n) is 2.97. The van der Waals surface area contributed by atoms with Crippen molar-refractivity contribution >= 4 is 25.7 Å². The molecule has 0 spiro atoms. The van der Waals surface area contributed by atoms with Crippen LogP contribution in [-0.4, -0.2) is 63.8 Å². The number of piperidine rings is 1.